The molecule has 3 nitrogen and oxygen atoms in total. The monoisotopic (exact) mass is 369 g/mol. The molecule has 2 atom stereocenters. The standard InChI is InChI=1S/C17H19BF3NO2S/c1-15(2)16(3,4)24-18(23-15)11-8-10(11)9-5-6-12-13(7-9)25-14(22-12)17(19,20)21/h5-7,10-11H,8H2,1-4H3. The molecule has 25 heavy (non-hydrogen) atoms. The highest BCUT2D eigenvalue weighted by Crippen LogP contribution is 2.58. The highest BCUT2D eigenvalue weighted by molar-refractivity contribution is 7.18. The summed E-state index contributed by atoms with van der Waals surface area (Å²) in [5.74, 6) is 0.504. The number of hydrogen-bond acceptors (Lipinski definition) is 4. The lowest BCUT2D eigenvalue weighted by Crippen LogP contribution is -2.41. The molecular formula is C17H19BF3NO2S. The van der Waals surface area contributed by atoms with Crippen LogP contribution in [0.5, 0.6) is 0 Å². The molecule has 1 aromatic heterocycles. The van der Waals surface area contributed by atoms with Crippen molar-refractivity contribution in [3.63, 3.8) is 0 Å². The van der Waals surface area contributed by atoms with Crippen LogP contribution in [-0.2, 0) is 15.5 Å². The smallest absolute Gasteiger partial charge is 0.403 e. The molecule has 2 unspecified atom stereocenters. The summed E-state index contributed by atoms with van der Waals surface area (Å²) in [7, 11) is -0.266. The third-order valence-corrected chi connectivity index (χ3v) is 6.61. The number of benzene rings is 1. The summed E-state index contributed by atoms with van der Waals surface area (Å²) in [6.07, 6.45) is -3.47. The van der Waals surface area contributed by atoms with Gasteiger partial charge in [-0.1, -0.05) is 6.07 Å². The first-order valence-corrected chi connectivity index (χ1v) is 9.13. The summed E-state index contributed by atoms with van der Waals surface area (Å²) >= 11 is 0.698. The minimum Gasteiger partial charge on any atom is -0.403 e. The minimum atomic E-state index is -4.39. The lowest BCUT2D eigenvalue weighted by molar-refractivity contribution is -0.137. The molecule has 0 N–H and O–H groups in total. The Morgan fingerprint density at radius 2 is 1.80 bits per heavy atom. The molecule has 0 radical (unpaired) electrons. The predicted octanol–water partition coefficient (Wildman–Crippen LogP) is 5.26. The maximum absolute atomic E-state index is 12.8. The topological polar surface area (TPSA) is 31.4 Å². The molecule has 0 spiro atoms. The molecule has 2 aliphatic rings. The van der Waals surface area contributed by atoms with Gasteiger partial charge in [0.25, 0.3) is 0 Å². The molecule has 0 bridgehead atoms. The van der Waals surface area contributed by atoms with Crippen molar-refractivity contribution in [3.05, 3.63) is 28.8 Å². The van der Waals surface area contributed by atoms with E-state index in [-0.39, 0.29) is 30.1 Å². The van der Waals surface area contributed by atoms with Crippen molar-refractivity contribution in [1.29, 1.82) is 0 Å². The molecule has 1 saturated carbocycles. The van der Waals surface area contributed by atoms with Gasteiger partial charge in [0.05, 0.1) is 21.4 Å². The van der Waals surface area contributed by atoms with Crippen molar-refractivity contribution in [2.45, 2.75) is 63.2 Å². The van der Waals surface area contributed by atoms with E-state index in [9.17, 15) is 13.2 Å². The van der Waals surface area contributed by atoms with Gasteiger partial charge >= 0.3 is 13.3 Å². The van der Waals surface area contributed by atoms with Crippen molar-refractivity contribution in [2.24, 2.45) is 0 Å². The Morgan fingerprint density at radius 1 is 1.16 bits per heavy atom. The Balaban J connectivity index is 1.54. The number of rotatable bonds is 2. The molecule has 1 aliphatic heterocycles. The second kappa shape index (κ2) is 5.21. The van der Waals surface area contributed by atoms with Gasteiger partial charge in [0.15, 0.2) is 5.01 Å². The first-order chi connectivity index (χ1) is 11.5. The van der Waals surface area contributed by atoms with Crippen LogP contribution in [0.15, 0.2) is 18.2 Å². The number of alkyl halides is 3. The van der Waals surface area contributed by atoms with Crippen molar-refractivity contribution in [3.8, 4) is 0 Å². The maximum atomic E-state index is 12.8. The SMILES string of the molecule is CC1(C)OB(C2CC2c2ccc3nc(C(F)(F)F)sc3c2)OC1(C)C. The van der Waals surface area contributed by atoms with Gasteiger partial charge in [-0.3, -0.25) is 0 Å². The molecule has 0 amide bonds. The maximum Gasteiger partial charge on any atom is 0.461 e. The first kappa shape index (κ1) is 17.3. The number of nitrogens with zero attached hydrogens (tertiary/aromatic N) is 1. The molecule has 1 saturated heterocycles. The van der Waals surface area contributed by atoms with Crippen LogP contribution in [0, 0.1) is 0 Å². The molecule has 8 heteroatoms. The fourth-order valence-corrected chi connectivity index (χ4v) is 4.14. The molecule has 4 rings (SSSR count). The Hall–Kier alpha value is -1.12. The molecule has 2 heterocycles. The number of thiazole rings is 1. The number of hydrogen-bond donors (Lipinski definition) is 0. The van der Waals surface area contributed by atoms with Gasteiger partial charge in [0.2, 0.25) is 0 Å². The molecule has 2 aromatic rings. The zero-order valence-corrected chi connectivity index (χ0v) is 15.3. The zero-order valence-electron chi connectivity index (χ0n) is 14.5. The van der Waals surface area contributed by atoms with Crippen LogP contribution in [0.25, 0.3) is 10.2 Å². The van der Waals surface area contributed by atoms with Crippen LogP contribution in [0.2, 0.25) is 5.82 Å². The van der Waals surface area contributed by atoms with Crippen molar-refractivity contribution in [1.82, 2.24) is 4.98 Å². The number of fused-ring (bicyclic) bond motifs is 1. The van der Waals surface area contributed by atoms with E-state index in [4.69, 9.17) is 9.31 Å². The van der Waals surface area contributed by atoms with Crippen molar-refractivity contribution >= 4 is 28.7 Å². The van der Waals surface area contributed by atoms with Gasteiger partial charge in [0, 0.05) is 5.82 Å². The summed E-state index contributed by atoms with van der Waals surface area (Å²) in [5.41, 5.74) is 0.695. The summed E-state index contributed by atoms with van der Waals surface area (Å²) in [6.45, 7) is 8.08. The fourth-order valence-electron chi connectivity index (χ4n) is 3.26. The third kappa shape index (κ3) is 2.88. The summed E-state index contributed by atoms with van der Waals surface area (Å²) in [4.78, 5) is 3.68. The minimum absolute atomic E-state index is 0.244. The van der Waals surface area contributed by atoms with E-state index >= 15 is 0 Å². The highest BCUT2D eigenvalue weighted by Gasteiger charge is 2.59. The van der Waals surface area contributed by atoms with Crippen LogP contribution >= 0.6 is 11.3 Å². The van der Waals surface area contributed by atoms with Gasteiger partial charge < -0.3 is 9.31 Å². The summed E-state index contributed by atoms with van der Waals surface area (Å²) < 4.78 is 51.2. The summed E-state index contributed by atoms with van der Waals surface area (Å²) in [6, 6.07) is 5.38. The van der Waals surface area contributed by atoms with Crippen molar-refractivity contribution in [2.75, 3.05) is 0 Å². The molecule has 134 valence electrons. The second-order valence-electron chi connectivity index (χ2n) is 7.87. The average molecular weight is 369 g/mol. The van der Waals surface area contributed by atoms with E-state index in [1.165, 1.54) is 0 Å². The Bertz CT molecular complexity index is 817. The van der Waals surface area contributed by atoms with Crippen LogP contribution in [-0.4, -0.2) is 23.3 Å². The van der Waals surface area contributed by atoms with Gasteiger partial charge in [0.1, 0.15) is 0 Å². The van der Waals surface area contributed by atoms with E-state index in [2.05, 4.69) is 4.98 Å². The summed E-state index contributed by atoms with van der Waals surface area (Å²) in [5, 5.41) is -0.794. The van der Waals surface area contributed by atoms with E-state index < -0.39 is 11.2 Å². The molecule has 1 aromatic carbocycles. The quantitative estimate of drug-likeness (QED) is 0.677. The van der Waals surface area contributed by atoms with Gasteiger partial charge in [-0.2, -0.15) is 13.2 Å². The Morgan fingerprint density at radius 3 is 2.40 bits per heavy atom. The number of halogens is 3. The van der Waals surface area contributed by atoms with Crippen LogP contribution in [0.1, 0.15) is 50.6 Å². The van der Waals surface area contributed by atoms with Crippen LogP contribution in [0.3, 0.4) is 0 Å². The Labute approximate surface area is 148 Å². The third-order valence-electron chi connectivity index (χ3n) is 5.54. The number of aromatic nitrogens is 1. The molecular weight excluding hydrogens is 350 g/mol. The van der Waals surface area contributed by atoms with Gasteiger partial charge in [-0.15, -0.1) is 11.3 Å². The van der Waals surface area contributed by atoms with Gasteiger partial charge in [-0.25, -0.2) is 4.98 Å². The first-order valence-electron chi connectivity index (χ1n) is 8.31. The zero-order chi connectivity index (χ0) is 18.2. The van der Waals surface area contributed by atoms with Crippen molar-refractivity contribution < 1.29 is 22.5 Å². The van der Waals surface area contributed by atoms with Crippen LogP contribution in [0.4, 0.5) is 13.2 Å². The van der Waals surface area contributed by atoms with E-state index in [1.54, 1.807) is 6.07 Å². The fraction of sp³-hybridized carbons (Fsp3) is 0.588. The van der Waals surface area contributed by atoms with E-state index in [0.29, 0.717) is 21.6 Å². The lowest BCUT2D eigenvalue weighted by atomic mass is 9.79. The van der Waals surface area contributed by atoms with Gasteiger partial charge in [-0.05, 0) is 57.7 Å². The van der Waals surface area contributed by atoms with E-state index in [1.807, 2.05) is 39.8 Å². The van der Waals surface area contributed by atoms with E-state index in [0.717, 1.165) is 12.0 Å². The highest BCUT2D eigenvalue weighted by atomic mass is 32.1. The molecule has 2 fully saturated rings. The largest absolute Gasteiger partial charge is 0.461 e. The second-order valence-corrected chi connectivity index (χ2v) is 8.91. The lowest BCUT2D eigenvalue weighted by Gasteiger charge is -2.32. The molecule has 1 aliphatic carbocycles. The Kier molecular flexibility index (Phi) is 3.60. The average Bonchev–Trinajstić information content (AvgIpc) is 3.09. The predicted molar refractivity (Wildman–Crippen MR) is 91.8 cm³/mol. The normalized spacial score (nSPS) is 27.9. The van der Waals surface area contributed by atoms with Crippen LogP contribution < -0.4 is 0 Å².